The minimum atomic E-state index is -0.442. The predicted octanol–water partition coefficient (Wildman–Crippen LogP) is 2.60. The van der Waals surface area contributed by atoms with Gasteiger partial charge in [0.2, 0.25) is 0 Å². The maximum Gasteiger partial charge on any atom is 0.0907 e. The van der Waals surface area contributed by atoms with Gasteiger partial charge in [-0.25, -0.2) is 0 Å². The molecule has 0 aliphatic carbocycles. The van der Waals surface area contributed by atoms with E-state index in [1.54, 1.807) is 0 Å². The molecule has 1 unspecified atom stereocenters. The van der Waals surface area contributed by atoms with Crippen molar-refractivity contribution in [3.8, 4) is 0 Å². The topological polar surface area (TPSA) is 36.0 Å². The van der Waals surface area contributed by atoms with E-state index in [0.717, 1.165) is 16.5 Å². The molecule has 3 heteroatoms. The van der Waals surface area contributed by atoms with E-state index in [1.807, 2.05) is 30.5 Å². The van der Waals surface area contributed by atoms with Crippen molar-refractivity contribution in [2.75, 3.05) is 5.33 Å². The molecule has 68 valence electrons. The summed E-state index contributed by atoms with van der Waals surface area (Å²) in [5.74, 6) is 0. The Hall–Kier alpha value is -0.800. The third-order valence-corrected chi connectivity index (χ3v) is 2.74. The van der Waals surface area contributed by atoms with Gasteiger partial charge in [-0.2, -0.15) is 0 Å². The second kappa shape index (κ2) is 3.52. The van der Waals surface area contributed by atoms with Crippen LogP contribution >= 0.6 is 15.9 Å². The molecule has 1 aromatic carbocycles. The van der Waals surface area contributed by atoms with E-state index in [0.29, 0.717) is 5.33 Å². The number of hydrogen-bond acceptors (Lipinski definition) is 1. The van der Waals surface area contributed by atoms with Crippen LogP contribution in [0.1, 0.15) is 11.7 Å². The minimum Gasteiger partial charge on any atom is -0.387 e. The monoisotopic (exact) mass is 239 g/mol. The molecule has 0 radical (unpaired) electrons. The molecule has 1 atom stereocenters. The molecular weight excluding hydrogens is 230 g/mol. The zero-order chi connectivity index (χ0) is 9.26. The summed E-state index contributed by atoms with van der Waals surface area (Å²) in [5, 5.41) is 11.4. The Bertz CT molecular complexity index is 410. The zero-order valence-corrected chi connectivity index (χ0v) is 8.58. The number of hydrogen-bond donors (Lipinski definition) is 2. The van der Waals surface area contributed by atoms with Gasteiger partial charge in [-0.15, -0.1) is 0 Å². The average molecular weight is 240 g/mol. The van der Waals surface area contributed by atoms with Crippen LogP contribution in [0.15, 0.2) is 30.5 Å². The van der Waals surface area contributed by atoms with E-state index >= 15 is 0 Å². The molecule has 2 N–H and O–H groups in total. The minimum absolute atomic E-state index is 0.442. The molecule has 0 amide bonds. The Morgan fingerprint density at radius 2 is 2.23 bits per heavy atom. The first-order valence-corrected chi connectivity index (χ1v) is 5.25. The van der Waals surface area contributed by atoms with Gasteiger partial charge in [-0.3, -0.25) is 0 Å². The van der Waals surface area contributed by atoms with Gasteiger partial charge in [0.1, 0.15) is 0 Å². The fourth-order valence-electron chi connectivity index (χ4n) is 1.47. The van der Waals surface area contributed by atoms with Crippen LogP contribution in [0.5, 0.6) is 0 Å². The molecule has 13 heavy (non-hydrogen) atoms. The zero-order valence-electron chi connectivity index (χ0n) is 7.00. The fraction of sp³-hybridized carbons (Fsp3) is 0.200. The Morgan fingerprint density at radius 3 is 3.00 bits per heavy atom. The summed E-state index contributed by atoms with van der Waals surface area (Å²) < 4.78 is 0. The normalized spacial score (nSPS) is 13.4. The van der Waals surface area contributed by atoms with E-state index in [-0.39, 0.29) is 0 Å². The number of nitrogens with one attached hydrogen (secondary N) is 1. The van der Waals surface area contributed by atoms with Crippen LogP contribution in [-0.2, 0) is 0 Å². The molecule has 0 bridgehead atoms. The number of halogens is 1. The van der Waals surface area contributed by atoms with Crippen molar-refractivity contribution < 1.29 is 5.11 Å². The lowest BCUT2D eigenvalue weighted by molar-refractivity contribution is 0.207. The first kappa shape index (κ1) is 8.78. The number of fused-ring (bicyclic) bond motifs is 1. The van der Waals surface area contributed by atoms with Crippen LogP contribution in [0.4, 0.5) is 0 Å². The third-order valence-electron chi connectivity index (χ3n) is 2.12. The van der Waals surface area contributed by atoms with Crippen LogP contribution in [0, 0.1) is 0 Å². The van der Waals surface area contributed by atoms with Gasteiger partial charge in [-0.1, -0.05) is 34.1 Å². The van der Waals surface area contributed by atoms with Gasteiger partial charge >= 0.3 is 0 Å². The first-order valence-electron chi connectivity index (χ1n) is 4.13. The smallest absolute Gasteiger partial charge is 0.0907 e. The highest BCUT2D eigenvalue weighted by Crippen LogP contribution is 2.23. The summed E-state index contributed by atoms with van der Waals surface area (Å²) in [4.78, 5) is 3.12. The highest BCUT2D eigenvalue weighted by molar-refractivity contribution is 9.09. The Morgan fingerprint density at radius 1 is 1.38 bits per heavy atom. The van der Waals surface area contributed by atoms with Crippen molar-refractivity contribution >= 4 is 26.8 Å². The number of aromatic amines is 1. The summed E-state index contributed by atoms with van der Waals surface area (Å²) in [6, 6.07) is 7.91. The van der Waals surface area contributed by atoms with Gasteiger partial charge in [0.25, 0.3) is 0 Å². The number of aliphatic hydroxyl groups excluding tert-OH is 1. The summed E-state index contributed by atoms with van der Waals surface area (Å²) in [6.45, 7) is 0. The first-order chi connectivity index (χ1) is 6.33. The average Bonchev–Trinajstić information content (AvgIpc) is 2.63. The maximum absolute atomic E-state index is 9.68. The van der Waals surface area contributed by atoms with Crippen molar-refractivity contribution in [3.63, 3.8) is 0 Å². The summed E-state index contributed by atoms with van der Waals surface area (Å²) in [5.41, 5.74) is 1.97. The molecule has 2 rings (SSSR count). The summed E-state index contributed by atoms with van der Waals surface area (Å²) >= 11 is 3.26. The lowest BCUT2D eigenvalue weighted by Gasteiger charge is -2.07. The number of aliphatic hydroxyl groups is 1. The predicted molar refractivity (Wildman–Crippen MR) is 57.1 cm³/mol. The molecule has 2 aromatic rings. The summed E-state index contributed by atoms with van der Waals surface area (Å²) in [6.07, 6.45) is 1.44. The molecule has 0 aliphatic heterocycles. The highest BCUT2D eigenvalue weighted by atomic mass is 79.9. The molecule has 0 saturated carbocycles. The number of benzene rings is 1. The van der Waals surface area contributed by atoms with Crippen LogP contribution < -0.4 is 0 Å². The standard InChI is InChI=1S/C10H10BrNO/c11-6-9(13)8-3-1-2-7-4-5-12-10(7)8/h1-5,9,12-13H,6H2. The highest BCUT2D eigenvalue weighted by Gasteiger charge is 2.09. The Labute approximate surface area is 84.7 Å². The largest absolute Gasteiger partial charge is 0.387 e. The Kier molecular flexibility index (Phi) is 2.38. The van der Waals surface area contributed by atoms with Gasteiger partial charge < -0.3 is 10.1 Å². The van der Waals surface area contributed by atoms with E-state index in [1.165, 1.54) is 0 Å². The van der Waals surface area contributed by atoms with Crippen molar-refractivity contribution in [1.29, 1.82) is 0 Å². The molecule has 1 heterocycles. The number of H-pyrrole nitrogens is 1. The van der Waals surface area contributed by atoms with Crippen LogP contribution in [-0.4, -0.2) is 15.4 Å². The van der Waals surface area contributed by atoms with E-state index in [2.05, 4.69) is 20.9 Å². The Balaban J connectivity index is 2.60. The van der Waals surface area contributed by atoms with Crippen molar-refractivity contribution in [1.82, 2.24) is 4.98 Å². The second-order valence-electron chi connectivity index (χ2n) is 2.96. The number of para-hydroxylation sites is 1. The molecule has 0 spiro atoms. The van der Waals surface area contributed by atoms with Gasteiger partial charge in [0.05, 0.1) is 11.6 Å². The molecule has 0 saturated heterocycles. The molecule has 0 fully saturated rings. The van der Waals surface area contributed by atoms with Gasteiger partial charge in [0, 0.05) is 17.1 Å². The van der Waals surface area contributed by atoms with Gasteiger partial charge in [0.15, 0.2) is 0 Å². The van der Waals surface area contributed by atoms with Crippen LogP contribution in [0.2, 0.25) is 0 Å². The van der Waals surface area contributed by atoms with E-state index in [4.69, 9.17) is 0 Å². The fourth-order valence-corrected chi connectivity index (χ4v) is 1.82. The van der Waals surface area contributed by atoms with Crippen LogP contribution in [0.3, 0.4) is 0 Å². The molecular formula is C10H10BrNO. The van der Waals surface area contributed by atoms with Crippen LogP contribution in [0.25, 0.3) is 10.9 Å². The third kappa shape index (κ3) is 1.49. The van der Waals surface area contributed by atoms with Crippen molar-refractivity contribution in [2.45, 2.75) is 6.10 Å². The quantitative estimate of drug-likeness (QED) is 0.777. The molecule has 2 nitrogen and oxygen atoms in total. The van der Waals surface area contributed by atoms with Gasteiger partial charge in [-0.05, 0) is 11.5 Å². The number of aromatic nitrogens is 1. The SMILES string of the molecule is OC(CBr)c1cccc2cc[nH]c12. The summed E-state index contributed by atoms with van der Waals surface area (Å²) in [7, 11) is 0. The van der Waals surface area contributed by atoms with Crippen molar-refractivity contribution in [3.05, 3.63) is 36.0 Å². The molecule has 1 aromatic heterocycles. The van der Waals surface area contributed by atoms with E-state index < -0.39 is 6.10 Å². The van der Waals surface area contributed by atoms with E-state index in [9.17, 15) is 5.11 Å². The molecule has 0 aliphatic rings. The maximum atomic E-state index is 9.68. The second-order valence-corrected chi connectivity index (χ2v) is 3.61. The lowest BCUT2D eigenvalue weighted by atomic mass is 10.1. The number of alkyl halides is 1. The van der Waals surface area contributed by atoms with Crippen molar-refractivity contribution in [2.24, 2.45) is 0 Å². The number of rotatable bonds is 2. The lowest BCUT2D eigenvalue weighted by Crippen LogP contribution is -1.98.